The van der Waals surface area contributed by atoms with Crippen LogP contribution in [-0.4, -0.2) is 20.9 Å². The van der Waals surface area contributed by atoms with Gasteiger partial charge in [-0.15, -0.1) is 11.3 Å². The average molecular weight is 407 g/mol. The molecule has 0 fully saturated rings. The fraction of sp³-hybridized carbons (Fsp3) is 0.105. The lowest BCUT2D eigenvalue weighted by atomic mass is 10.2. The molecular formula is C19H15F2NO3S2. The zero-order valence-corrected chi connectivity index (χ0v) is 15.6. The number of carbonyl (C=O) groups is 1. The van der Waals surface area contributed by atoms with Gasteiger partial charge in [-0.1, -0.05) is 6.07 Å². The molecular weight excluding hydrogens is 392 g/mol. The molecule has 0 radical (unpaired) electrons. The molecule has 3 aromatic rings. The van der Waals surface area contributed by atoms with Crippen LogP contribution >= 0.6 is 11.3 Å². The Morgan fingerprint density at radius 3 is 2.11 bits per heavy atom. The predicted octanol–water partition coefficient (Wildman–Crippen LogP) is 3.97. The number of amides is 1. The van der Waals surface area contributed by atoms with Crippen LogP contribution in [0.25, 0.3) is 0 Å². The highest BCUT2D eigenvalue weighted by atomic mass is 32.2. The van der Waals surface area contributed by atoms with Gasteiger partial charge in [0.25, 0.3) is 5.91 Å². The molecule has 0 aliphatic rings. The molecule has 1 amide bonds. The molecule has 140 valence electrons. The second-order valence-electron chi connectivity index (χ2n) is 5.72. The molecule has 0 saturated heterocycles. The summed E-state index contributed by atoms with van der Waals surface area (Å²) >= 11 is 1.25. The van der Waals surface area contributed by atoms with Crippen LogP contribution in [0, 0.1) is 11.6 Å². The first-order chi connectivity index (χ1) is 12.9. The van der Waals surface area contributed by atoms with Gasteiger partial charge >= 0.3 is 0 Å². The van der Waals surface area contributed by atoms with Gasteiger partial charge in [-0.3, -0.25) is 4.79 Å². The van der Waals surface area contributed by atoms with Crippen LogP contribution in [0.4, 0.5) is 8.78 Å². The molecule has 1 atom stereocenters. The van der Waals surface area contributed by atoms with E-state index in [0.717, 1.165) is 24.3 Å². The van der Waals surface area contributed by atoms with E-state index in [-0.39, 0.29) is 17.0 Å². The number of thiophene rings is 1. The first-order valence-electron chi connectivity index (χ1n) is 7.94. The lowest BCUT2D eigenvalue weighted by Gasteiger charge is -2.17. The van der Waals surface area contributed by atoms with E-state index in [1.54, 1.807) is 17.5 Å². The molecule has 27 heavy (non-hydrogen) atoms. The highest BCUT2D eigenvalue weighted by molar-refractivity contribution is 7.91. The van der Waals surface area contributed by atoms with Gasteiger partial charge in [-0.05, 0) is 60.0 Å². The predicted molar refractivity (Wildman–Crippen MR) is 99.4 cm³/mol. The number of nitrogens with one attached hydrogen (secondary N) is 1. The number of hydrogen-bond donors (Lipinski definition) is 1. The molecule has 3 rings (SSSR count). The maximum atomic E-state index is 13.1. The number of carbonyl (C=O) groups excluding carboxylic acids is 1. The van der Waals surface area contributed by atoms with Crippen molar-refractivity contribution in [3.05, 3.63) is 88.1 Å². The van der Waals surface area contributed by atoms with Crippen molar-refractivity contribution in [2.75, 3.05) is 6.54 Å². The van der Waals surface area contributed by atoms with Crippen molar-refractivity contribution in [1.82, 2.24) is 5.32 Å². The summed E-state index contributed by atoms with van der Waals surface area (Å²) in [6.07, 6.45) is 0. The zero-order chi connectivity index (χ0) is 19.4. The summed E-state index contributed by atoms with van der Waals surface area (Å²) in [4.78, 5) is 12.8. The van der Waals surface area contributed by atoms with Crippen LogP contribution < -0.4 is 5.32 Å². The Bertz CT molecular complexity index is 1020. The van der Waals surface area contributed by atoms with Gasteiger partial charge in [-0.2, -0.15) is 0 Å². The standard InChI is InChI=1S/C19H15F2NO3S2/c20-14-5-3-13(4-6-14)19(23)22-12-18(17-2-1-11-26-17)27(24,25)16-9-7-15(21)8-10-16/h1-11,18H,12H2,(H,22,23)/t18-/m0/s1. The largest absolute Gasteiger partial charge is 0.350 e. The molecule has 1 aromatic heterocycles. The first kappa shape index (κ1) is 19.2. The number of rotatable bonds is 6. The number of halogens is 2. The van der Waals surface area contributed by atoms with Crippen molar-refractivity contribution in [2.24, 2.45) is 0 Å². The Balaban J connectivity index is 1.85. The fourth-order valence-corrected chi connectivity index (χ4v) is 5.30. The average Bonchev–Trinajstić information content (AvgIpc) is 3.16. The van der Waals surface area contributed by atoms with Gasteiger partial charge < -0.3 is 5.32 Å². The van der Waals surface area contributed by atoms with Gasteiger partial charge in [0.1, 0.15) is 16.9 Å². The van der Waals surface area contributed by atoms with Crippen molar-refractivity contribution < 1.29 is 22.0 Å². The van der Waals surface area contributed by atoms with E-state index < -0.39 is 32.6 Å². The maximum Gasteiger partial charge on any atom is 0.251 e. The Morgan fingerprint density at radius 2 is 1.56 bits per heavy atom. The van der Waals surface area contributed by atoms with E-state index in [1.165, 1.54) is 35.6 Å². The molecule has 8 heteroatoms. The molecule has 1 heterocycles. The van der Waals surface area contributed by atoms with Gasteiger partial charge in [0.05, 0.1) is 4.90 Å². The quantitative estimate of drug-likeness (QED) is 0.629. The monoisotopic (exact) mass is 407 g/mol. The SMILES string of the molecule is O=C(NC[C@@H](c1cccs1)S(=O)(=O)c1ccc(F)cc1)c1ccc(F)cc1. The normalized spacial score (nSPS) is 12.5. The minimum absolute atomic E-state index is 0.0293. The smallest absolute Gasteiger partial charge is 0.251 e. The van der Waals surface area contributed by atoms with E-state index >= 15 is 0 Å². The third-order valence-corrected chi connectivity index (χ3v) is 7.17. The second kappa shape index (κ2) is 7.98. The number of hydrogen-bond acceptors (Lipinski definition) is 4. The minimum atomic E-state index is -3.86. The summed E-state index contributed by atoms with van der Waals surface area (Å²) in [5, 5.41) is 3.31. The van der Waals surface area contributed by atoms with Crippen molar-refractivity contribution in [1.29, 1.82) is 0 Å². The van der Waals surface area contributed by atoms with E-state index in [4.69, 9.17) is 0 Å². The van der Waals surface area contributed by atoms with Crippen LogP contribution in [0.2, 0.25) is 0 Å². The summed E-state index contributed by atoms with van der Waals surface area (Å²) in [6.45, 7) is -0.170. The molecule has 0 bridgehead atoms. The van der Waals surface area contributed by atoms with E-state index in [9.17, 15) is 22.0 Å². The highest BCUT2D eigenvalue weighted by Crippen LogP contribution is 2.31. The van der Waals surface area contributed by atoms with E-state index in [2.05, 4.69) is 5.32 Å². The van der Waals surface area contributed by atoms with Gasteiger partial charge in [-0.25, -0.2) is 17.2 Å². The van der Waals surface area contributed by atoms with Crippen molar-refractivity contribution in [2.45, 2.75) is 10.1 Å². The molecule has 0 spiro atoms. The van der Waals surface area contributed by atoms with Crippen LogP contribution in [0.15, 0.2) is 70.9 Å². The molecule has 0 aliphatic carbocycles. The van der Waals surface area contributed by atoms with Gasteiger partial charge in [0.15, 0.2) is 9.84 Å². The van der Waals surface area contributed by atoms with E-state index in [0.29, 0.717) is 4.88 Å². The third-order valence-electron chi connectivity index (χ3n) is 3.93. The summed E-state index contributed by atoms with van der Waals surface area (Å²) in [6, 6.07) is 12.9. The first-order valence-corrected chi connectivity index (χ1v) is 10.4. The molecule has 1 N–H and O–H groups in total. The number of sulfone groups is 1. The van der Waals surface area contributed by atoms with Crippen LogP contribution in [0.5, 0.6) is 0 Å². The second-order valence-corrected chi connectivity index (χ2v) is 8.83. The van der Waals surface area contributed by atoms with Crippen LogP contribution in [0.3, 0.4) is 0 Å². The Kier molecular flexibility index (Phi) is 5.67. The molecule has 0 aliphatic heterocycles. The highest BCUT2D eigenvalue weighted by Gasteiger charge is 2.30. The van der Waals surface area contributed by atoms with Crippen LogP contribution in [-0.2, 0) is 9.84 Å². The molecule has 2 aromatic carbocycles. The Labute approximate surface area is 159 Å². The van der Waals surface area contributed by atoms with Gasteiger partial charge in [0, 0.05) is 17.0 Å². The minimum Gasteiger partial charge on any atom is -0.350 e. The lowest BCUT2D eigenvalue weighted by molar-refractivity contribution is 0.0953. The zero-order valence-electron chi connectivity index (χ0n) is 13.9. The Hall–Kier alpha value is -2.58. The lowest BCUT2D eigenvalue weighted by Crippen LogP contribution is -2.31. The molecule has 4 nitrogen and oxygen atoms in total. The molecule has 0 saturated carbocycles. The van der Waals surface area contributed by atoms with Crippen molar-refractivity contribution >= 4 is 27.1 Å². The Morgan fingerprint density at radius 1 is 0.963 bits per heavy atom. The summed E-state index contributed by atoms with van der Waals surface area (Å²) in [7, 11) is -3.86. The van der Waals surface area contributed by atoms with Crippen molar-refractivity contribution in [3.8, 4) is 0 Å². The fourth-order valence-electron chi connectivity index (χ4n) is 2.51. The summed E-state index contributed by atoms with van der Waals surface area (Å²) < 4.78 is 52.2. The van der Waals surface area contributed by atoms with Crippen molar-refractivity contribution in [3.63, 3.8) is 0 Å². The van der Waals surface area contributed by atoms with Gasteiger partial charge in [0.2, 0.25) is 0 Å². The third kappa shape index (κ3) is 4.40. The van der Waals surface area contributed by atoms with E-state index in [1.807, 2.05) is 0 Å². The number of benzene rings is 2. The maximum absolute atomic E-state index is 13.1. The molecule has 0 unspecified atom stereocenters. The topological polar surface area (TPSA) is 63.2 Å². The summed E-state index contributed by atoms with van der Waals surface area (Å²) in [5.41, 5.74) is 0.223. The van der Waals surface area contributed by atoms with Crippen LogP contribution in [0.1, 0.15) is 20.5 Å². The summed E-state index contributed by atoms with van der Waals surface area (Å²) in [5.74, 6) is -1.51.